The Morgan fingerprint density at radius 3 is 2.29 bits per heavy atom. The maximum Gasteiger partial charge on any atom is 0.255 e. The number of hydrogen-bond donors (Lipinski definition) is 3. The summed E-state index contributed by atoms with van der Waals surface area (Å²) < 4.78 is 66.1. The van der Waals surface area contributed by atoms with Crippen LogP contribution in [0.15, 0.2) is 35.2 Å². The Kier molecular flexibility index (Phi) is 7.96. The van der Waals surface area contributed by atoms with E-state index in [4.69, 9.17) is 11.6 Å². The summed E-state index contributed by atoms with van der Waals surface area (Å²) in [6, 6.07) is 4.76. The molecule has 186 valence electrons. The van der Waals surface area contributed by atoms with Crippen LogP contribution < -0.4 is 5.32 Å². The molecule has 0 spiro atoms. The fraction of sp³-hybridized carbons (Fsp3) is 0.435. The molecule has 0 aliphatic heterocycles. The Bertz CT molecular complexity index is 1160. The smallest absolute Gasteiger partial charge is 0.255 e. The third kappa shape index (κ3) is 5.73. The minimum Gasteiger partial charge on any atom is -0.393 e. The van der Waals surface area contributed by atoms with Gasteiger partial charge in [-0.15, -0.1) is 0 Å². The molecule has 1 saturated carbocycles. The zero-order valence-electron chi connectivity index (χ0n) is 18.3. The molecule has 0 unspecified atom stereocenters. The second-order valence-corrected chi connectivity index (χ2v) is 11.1. The molecule has 1 aliphatic carbocycles. The van der Waals surface area contributed by atoms with Crippen molar-refractivity contribution in [2.45, 2.75) is 43.1 Å². The lowest BCUT2D eigenvalue weighted by Gasteiger charge is -2.41. The van der Waals surface area contributed by atoms with Crippen molar-refractivity contribution in [3.63, 3.8) is 0 Å². The van der Waals surface area contributed by atoms with Crippen LogP contribution in [-0.2, 0) is 9.84 Å². The zero-order valence-corrected chi connectivity index (χ0v) is 19.9. The predicted molar refractivity (Wildman–Crippen MR) is 121 cm³/mol. The lowest BCUT2D eigenvalue weighted by Crippen LogP contribution is -2.41. The van der Waals surface area contributed by atoms with Gasteiger partial charge in [-0.1, -0.05) is 18.5 Å². The molecule has 11 heteroatoms. The van der Waals surface area contributed by atoms with Gasteiger partial charge in [0.2, 0.25) is 0 Å². The van der Waals surface area contributed by atoms with E-state index in [0.29, 0.717) is 25.0 Å². The standard InChI is InChI=1S/C23H25ClF3NO5S/c1-2-23(31,12-29)10-14-3-4-15(14)11-34(32,33)20-7-13(5-6-17(20)24)22(30)28-16-8-18(25)21(27)19(26)9-16/h5-9,14-15,29,31H,2-4,10-12H2,1H3,(H,28,30)/t14-,15+,23-/m0/s1. The molecule has 0 bridgehead atoms. The molecule has 1 aliphatic rings. The number of amides is 1. The molecule has 2 aromatic carbocycles. The Hall–Kier alpha value is -2.14. The number of hydrogen-bond acceptors (Lipinski definition) is 5. The van der Waals surface area contributed by atoms with E-state index in [1.165, 1.54) is 12.1 Å². The van der Waals surface area contributed by atoms with Crippen molar-refractivity contribution in [3.8, 4) is 0 Å². The molecule has 1 amide bonds. The fourth-order valence-electron chi connectivity index (χ4n) is 4.02. The molecular weight excluding hydrogens is 495 g/mol. The first-order chi connectivity index (χ1) is 15.9. The summed E-state index contributed by atoms with van der Waals surface area (Å²) in [6.07, 6.45) is 1.98. The van der Waals surface area contributed by atoms with Crippen LogP contribution in [0.3, 0.4) is 0 Å². The molecular formula is C23H25ClF3NO5S. The predicted octanol–water partition coefficient (Wildman–Crippen LogP) is 4.33. The van der Waals surface area contributed by atoms with E-state index in [1.54, 1.807) is 6.92 Å². The molecule has 0 heterocycles. The highest BCUT2D eigenvalue weighted by Crippen LogP contribution is 2.42. The van der Waals surface area contributed by atoms with E-state index in [-0.39, 0.29) is 45.2 Å². The Morgan fingerprint density at radius 1 is 1.15 bits per heavy atom. The first-order valence-electron chi connectivity index (χ1n) is 10.7. The number of nitrogens with one attached hydrogen (secondary N) is 1. The number of rotatable bonds is 9. The fourth-order valence-corrected chi connectivity index (χ4v) is 6.34. The summed E-state index contributed by atoms with van der Waals surface area (Å²) in [5.74, 6) is -6.09. The molecule has 34 heavy (non-hydrogen) atoms. The Balaban J connectivity index is 1.78. The van der Waals surface area contributed by atoms with Gasteiger partial charge in [0, 0.05) is 23.4 Å². The minimum atomic E-state index is -3.93. The van der Waals surface area contributed by atoms with Gasteiger partial charge in [-0.2, -0.15) is 0 Å². The van der Waals surface area contributed by atoms with Crippen LogP contribution in [0.1, 0.15) is 43.0 Å². The van der Waals surface area contributed by atoms with Crippen molar-refractivity contribution in [2.75, 3.05) is 17.7 Å². The third-order valence-electron chi connectivity index (χ3n) is 6.37. The lowest BCUT2D eigenvalue weighted by molar-refractivity contribution is -0.0532. The monoisotopic (exact) mass is 519 g/mol. The second-order valence-electron chi connectivity index (χ2n) is 8.67. The molecule has 1 fully saturated rings. The molecule has 3 N–H and O–H groups in total. The van der Waals surface area contributed by atoms with E-state index in [9.17, 15) is 36.6 Å². The number of halogens is 4. The van der Waals surface area contributed by atoms with Crippen LogP contribution in [0, 0.1) is 29.3 Å². The van der Waals surface area contributed by atoms with Crippen LogP contribution in [-0.4, -0.2) is 42.5 Å². The minimum absolute atomic E-state index is 0.0830. The highest BCUT2D eigenvalue weighted by atomic mass is 35.5. The number of anilines is 1. The number of aliphatic hydroxyl groups is 2. The summed E-state index contributed by atoms with van der Waals surface area (Å²) in [6.45, 7) is 1.33. The molecule has 0 radical (unpaired) electrons. The summed E-state index contributed by atoms with van der Waals surface area (Å²) >= 11 is 6.11. The average Bonchev–Trinajstić information content (AvgIpc) is 2.78. The van der Waals surface area contributed by atoms with E-state index in [2.05, 4.69) is 5.32 Å². The van der Waals surface area contributed by atoms with Crippen LogP contribution in [0.4, 0.5) is 18.9 Å². The number of carbonyl (C=O) groups is 1. The summed E-state index contributed by atoms with van der Waals surface area (Å²) in [5, 5.41) is 21.9. The highest BCUT2D eigenvalue weighted by molar-refractivity contribution is 7.91. The SMILES string of the molecule is CC[C@@](O)(CO)C[C@@H]1CC[C@@H]1CS(=O)(=O)c1cc(C(=O)Nc2cc(F)c(F)c(F)c2)ccc1Cl. The second kappa shape index (κ2) is 10.2. The van der Waals surface area contributed by atoms with Crippen molar-refractivity contribution in [3.05, 3.63) is 58.4 Å². The van der Waals surface area contributed by atoms with Gasteiger partial charge in [-0.05, 0) is 55.7 Å². The van der Waals surface area contributed by atoms with E-state index in [0.717, 1.165) is 12.5 Å². The van der Waals surface area contributed by atoms with Crippen LogP contribution in [0.25, 0.3) is 0 Å². The molecule has 3 atom stereocenters. The van der Waals surface area contributed by atoms with Crippen LogP contribution >= 0.6 is 11.6 Å². The quantitative estimate of drug-likeness (QED) is 0.428. The number of carbonyl (C=O) groups excluding carboxylic acids is 1. The Labute approximate surface area is 200 Å². The molecule has 3 rings (SSSR count). The van der Waals surface area contributed by atoms with Gasteiger partial charge in [0.05, 0.1) is 27.9 Å². The zero-order chi connectivity index (χ0) is 25.3. The maximum absolute atomic E-state index is 13.4. The van der Waals surface area contributed by atoms with E-state index in [1.807, 2.05) is 0 Å². The van der Waals surface area contributed by atoms with E-state index >= 15 is 0 Å². The normalized spacial score (nSPS) is 19.9. The van der Waals surface area contributed by atoms with Gasteiger partial charge in [0.25, 0.3) is 5.91 Å². The molecule has 2 aromatic rings. The molecule has 0 saturated heterocycles. The summed E-state index contributed by atoms with van der Waals surface area (Å²) in [5.41, 5.74) is -1.73. The average molecular weight is 520 g/mol. The third-order valence-corrected chi connectivity index (χ3v) is 8.69. The van der Waals surface area contributed by atoms with Gasteiger partial charge in [0.1, 0.15) is 0 Å². The van der Waals surface area contributed by atoms with Gasteiger partial charge in [-0.25, -0.2) is 21.6 Å². The summed E-state index contributed by atoms with van der Waals surface area (Å²) in [7, 11) is -3.93. The first kappa shape index (κ1) is 26.5. The number of sulfone groups is 1. The van der Waals surface area contributed by atoms with Crippen LogP contribution in [0.5, 0.6) is 0 Å². The Morgan fingerprint density at radius 2 is 1.76 bits per heavy atom. The molecule has 6 nitrogen and oxygen atoms in total. The van der Waals surface area contributed by atoms with Crippen molar-refractivity contribution >= 4 is 33.0 Å². The largest absolute Gasteiger partial charge is 0.393 e. The van der Waals surface area contributed by atoms with Gasteiger partial charge < -0.3 is 15.5 Å². The van der Waals surface area contributed by atoms with Gasteiger partial charge >= 0.3 is 0 Å². The number of aliphatic hydroxyl groups excluding tert-OH is 1. The van der Waals surface area contributed by atoms with Gasteiger partial charge in [0.15, 0.2) is 27.3 Å². The van der Waals surface area contributed by atoms with Crippen molar-refractivity contribution in [1.29, 1.82) is 0 Å². The van der Waals surface area contributed by atoms with Crippen molar-refractivity contribution in [2.24, 2.45) is 11.8 Å². The van der Waals surface area contributed by atoms with Gasteiger partial charge in [-0.3, -0.25) is 4.79 Å². The van der Waals surface area contributed by atoms with E-state index < -0.39 is 45.4 Å². The van der Waals surface area contributed by atoms with Crippen LogP contribution in [0.2, 0.25) is 5.02 Å². The van der Waals surface area contributed by atoms with Crippen molar-refractivity contribution in [1.82, 2.24) is 0 Å². The highest BCUT2D eigenvalue weighted by Gasteiger charge is 2.40. The topological polar surface area (TPSA) is 104 Å². The first-order valence-corrected chi connectivity index (χ1v) is 12.7. The molecule has 0 aromatic heterocycles. The lowest BCUT2D eigenvalue weighted by atomic mass is 9.69. The number of benzene rings is 2. The van der Waals surface area contributed by atoms with Crippen molar-refractivity contribution < 1.29 is 36.6 Å². The summed E-state index contributed by atoms with van der Waals surface area (Å²) in [4.78, 5) is 12.3. The maximum atomic E-state index is 13.4.